The van der Waals surface area contributed by atoms with E-state index in [4.69, 9.17) is 4.74 Å². The van der Waals surface area contributed by atoms with Gasteiger partial charge in [0.05, 0.1) is 12.1 Å². The maximum atomic E-state index is 11.9. The number of benzene rings is 1. The van der Waals surface area contributed by atoms with E-state index in [-0.39, 0.29) is 5.56 Å². The first-order valence-corrected chi connectivity index (χ1v) is 7.30. The zero-order valence-corrected chi connectivity index (χ0v) is 11.9. The lowest BCUT2D eigenvalue weighted by Crippen LogP contribution is -2.07. The molecule has 2 heterocycles. The van der Waals surface area contributed by atoms with Crippen LogP contribution >= 0.6 is 11.3 Å². The van der Waals surface area contributed by atoms with Crippen molar-refractivity contribution in [2.45, 2.75) is 13.5 Å². The van der Waals surface area contributed by atoms with Crippen LogP contribution in [0.3, 0.4) is 0 Å². The Balaban J connectivity index is 1.96. The molecule has 0 aliphatic carbocycles. The SMILES string of the molecule is CCOCc1ccc(-c2nc3ccsc3c(=O)[nH]2)cc1. The van der Waals surface area contributed by atoms with Crippen LogP contribution in [0.25, 0.3) is 21.6 Å². The zero-order chi connectivity index (χ0) is 13.9. The molecule has 0 saturated carbocycles. The summed E-state index contributed by atoms with van der Waals surface area (Å²) < 4.78 is 6.03. The lowest BCUT2D eigenvalue weighted by atomic mass is 10.1. The predicted molar refractivity (Wildman–Crippen MR) is 81.0 cm³/mol. The van der Waals surface area contributed by atoms with Crippen LogP contribution < -0.4 is 5.56 Å². The van der Waals surface area contributed by atoms with Gasteiger partial charge >= 0.3 is 0 Å². The molecule has 1 aromatic carbocycles. The Morgan fingerprint density at radius 3 is 2.80 bits per heavy atom. The molecule has 0 aliphatic rings. The number of nitrogens with zero attached hydrogens (tertiary/aromatic N) is 1. The minimum absolute atomic E-state index is 0.0848. The van der Waals surface area contributed by atoms with E-state index < -0.39 is 0 Å². The number of aromatic amines is 1. The quantitative estimate of drug-likeness (QED) is 0.801. The lowest BCUT2D eigenvalue weighted by molar-refractivity contribution is 0.134. The third kappa shape index (κ3) is 2.50. The monoisotopic (exact) mass is 286 g/mol. The number of ether oxygens (including phenoxy) is 1. The summed E-state index contributed by atoms with van der Waals surface area (Å²) in [4.78, 5) is 19.2. The number of rotatable bonds is 4. The van der Waals surface area contributed by atoms with Crippen LogP contribution in [0.2, 0.25) is 0 Å². The van der Waals surface area contributed by atoms with Gasteiger partial charge in [-0.1, -0.05) is 24.3 Å². The molecule has 0 radical (unpaired) electrons. The molecule has 1 N–H and O–H groups in total. The molecule has 0 bridgehead atoms. The van der Waals surface area contributed by atoms with Crippen molar-refractivity contribution >= 4 is 21.6 Å². The summed E-state index contributed by atoms with van der Waals surface area (Å²) in [6.07, 6.45) is 0. The van der Waals surface area contributed by atoms with Crippen molar-refractivity contribution in [1.29, 1.82) is 0 Å². The Morgan fingerprint density at radius 1 is 1.25 bits per heavy atom. The fourth-order valence-electron chi connectivity index (χ4n) is 1.99. The molecule has 0 amide bonds. The number of hydrogen-bond acceptors (Lipinski definition) is 4. The highest BCUT2D eigenvalue weighted by molar-refractivity contribution is 7.17. The van der Waals surface area contributed by atoms with Crippen LogP contribution in [-0.2, 0) is 11.3 Å². The van der Waals surface area contributed by atoms with Crippen LogP contribution in [0.5, 0.6) is 0 Å². The number of nitrogens with one attached hydrogen (secondary N) is 1. The van der Waals surface area contributed by atoms with Crippen LogP contribution in [0.4, 0.5) is 0 Å². The fraction of sp³-hybridized carbons (Fsp3) is 0.200. The van der Waals surface area contributed by atoms with Gasteiger partial charge in [0.15, 0.2) is 0 Å². The third-order valence-corrected chi connectivity index (χ3v) is 3.92. The Kier molecular flexibility index (Phi) is 3.62. The predicted octanol–water partition coefficient (Wildman–Crippen LogP) is 3.19. The Bertz CT molecular complexity index is 774. The topological polar surface area (TPSA) is 55.0 Å². The fourth-order valence-corrected chi connectivity index (χ4v) is 2.71. The van der Waals surface area contributed by atoms with Crippen LogP contribution in [0, 0.1) is 0 Å². The smallest absolute Gasteiger partial charge is 0.269 e. The van der Waals surface area contributed by atoms with Gasteiger partial charge in [0.25, 0.3) is 5.56 Å². The van der Waals surface area contributed by atoms with E-state index in [2.05, 4.69) is 9.97 Å². The van der Waals surface area contributed by atoms with Crippen LogP contribution in [0.1, 0.15) is 12.5 Å². The van der Waals surface area contributed by atoms with E-state index in [1.807, 2.05) is 42.6 Å². The number of H-pyrrole nitrogens is 1. The van der Waals surface area contributed by atoms with Gasteiger partial charge in [-0.05, 0) is 23.9 Å². The second-order valence-corrected chi connectivity index (χ2v) is 5.30. The molecule has 3 rings (SSSR count). The normalized spacial score (nSPS) is 11.1. The Hall–Kier alpha value is -1.98. The van der Waals surface area contributed by atoms with Crippen molar-refractivity contribution in [1.82, 2.24) is 9.97 Å². The second-order valence-electron chi connectivity index (χ2n) is 4.38. The summed E-state index contributed by atoms with van der Waals surface area (Å²) in [5.41, 5.74) is 2.66. The summed E-state index contributed by atoms with van der Waals surface area (Å²) in [5, 5.41) is 1.88. The van der Waals surface area contributed by atoms with Crippen molar-refractivity contribution < 1.29 is 4.74 Å². The molecule has 0 fully saturated rings. The summed E-state index contributed by atoms with van der Waals surface area (Å²) >= 11 is 1.41. The van der Waals surface area contributed by atoms with Gasteiger partial charge in [-0.15, -0.1) is 11.3 Å². The average molecular weight is 286 g/mol. The number of thiophene rings is 1. The van der Waals surface area contributed by atoms with E-state index in [9.17, 15) is 4.79 Å². The molecular weight excluding hydrogens is 272 g/mol. The first-order chi connectivity index (χ1) is 9.78. The maximum Gasteiger partial charge on any atom is 0.269 e. The molecule has 4 nitrogen and oxygen atoms in total. The number of hydrogen-bond donors (Lipinski definition) is 1. The Morgan fingerprint density at radius 2 is 2.05 bits per heavy atom. The summed E-state index contributed by atoms with van der Waals surface area (Å²) in [6, 6.07) is 9.74. The molecule has 2 aromatic heterocycles. The van der Waals surface area contributed by atoms with Crippen molar-refractivity contribution in [2.24, 2.45) is 0 Å². The highest BCUT2D eigenvalue weighted by Gasteiger charge is 2.06. The largest absolute Gasteiger partial charge is 0.377 e. The maximum absolute atomic E-state index is 11.9. The van der Waals surface area contributed by atoms with Crippen molar-refractivity contribution in [3.8, 4) is 11.4 Å². The first kappa shape index (κ1) is 13.0. The molecule has 20 heavy (non-hydrogen) atoms. The average Bonchev–Trinajstić information content (AvgIpc) is 2.94. The third-order valence-electron chi connectivity index (χ3n) is 3.02. The van der Waals surface area contributed by atoms with Crippen molar-refractivity contribution in [2.75, 3.05) is 6.61 Å². The van der Waals surface area contributed by atoms with Gasteiger partial charge in [0, 0.05) is 12.2 Å². The highest BCUT2D eigenvalue weighted by Crippen LogP contribution is 2.19. The van der Waals surface area contributed by atoms with Crippen molar-refractivity contribution in [3.63, 3.8) is 0 Å². The molecule has 102 valence electrons. The Labute approximate surface area is 120 Å². The summed E-state index contributed by atoms with van der Waals surface area (Å²) in [5.74, 6) is 0.601. The van der Waals surface area contributed by atoms with Gasteiger partial charge in [0.1, 0.15) is 10.5 Å². The van der Waals surface area contributed by atoms with Crippen LogP contribution in [0.15, 0.2) is 40.5 Å². The zero-order valence-electron chi connectivity index (χ0n) is 11.1. The molecule has 0 saturated heterocycles. The van der Waals surface area contributed by atoms with Crippen molar-refractivity contribution in [3.05, 3.63) is 51.6 Å². The van der Waals surface area contributed by atoms with Gasteiger partial charge in [-0.3, -0.25) is 4.79 Å². The minimum atomic E-state index is -0.0848. The number of fused-ring (bicyclic) bond motifs is 1. The minimum Gasteiger partial charge on any atom is -0.377 e. The molecule has 0 atom stereocenters. The standard InChI is InChI=1S/C15H14N2O2S/c1-2-19-9-10-3-5-11(6-4-10)14-16-12-7-8-20-13(12)15(18)17-14/h3-8H,2,9H2,1H3,(H,16,17,18). The lowest BCUT2D eigenvalue weighted by Gasteiger charge is -2.04. The second kappa shape index (κ2) is 5.56. The van der Waals surface area contributed by atoms with Gasteiger partial charge in [-0.25, -0.2) is 4.98 Å². The van der Waals surface area contributed by atoms with Gasteiger partial charge < -0.3 is 9.72 Å². The molecule has 0 unspecified atom stereocenters. The molecule has 5 heteroatoms. The van der Waals surface area contributed by atoms with E-state index in [0.29, 0.717) is 23.7 Å². The van der Waals surface area contributed by atoms with Gasteiger partial charge in [-0.2, -0.15) is 0 Å². The van der Waals surface area contributed by atoms with E-state index in [0.717, 1.165) is 16.6 Å². The van der Waals surface area contributed by atoms with Gasteiger partial charge in [0.2, 0.25) is 0 Å². The summed E-state index contributed by atoms with van der Waals surface area (Å²) in [6.45, 7) is 3.27. The molecule has 0 spiro atoms. The first-order valence-electron chi connectivity index (χ1n) is 6.42. The number of aromatic nitrogens is 2. The molecular formula is C15H14N2O2S. The van der Waals surface area contributed by atoms with E-state index in [1.54, 1.807) is 0 Å². The highest BCUT2D eigenvalue weighted by atomic mass is 32.1. The molecule has 3 aromatic rings. The summed E-state index contributed by atoms with van der Waals surface area (Å²) in [7, 11) is 0. The van der Waals surface area contributed by atoms with Crippen LogP contribution in [-0.4, -0.2) is 16.6 Å². The van der Waals surface area contributed by atoms with E-state index >= 15 is 0 Å². The molecule has 0 aliphatic heterocycles. The van der Waals surface area contributed by atoms with E-state index in [1.165, 1.54) is 11.3 Å².